The fourth-order valence-corrected chi connectivity index (χ4v) is 3.77. The minimum atomic E-state index is -0.170. The highest BCUT2D eigenvalue weighted by Crippen LogP contribution is 2.27. The van der Waals surface area contributed by atoms with Gasteiger partial charge in [0.25, 0.3) is 5.91 Å². The Kier molecular flexibility index (Phi) is 4.37. The van der Waals surface area contributed by atoms with Crippen molar-refractivity contribution in [3.63, 3.8) is 0 Å². The number of rotatable bonds is 4. The molecule has 1 unspecified atom stereocenters. The second-order valence-corrected chi connectivity index (χ2v) is 7.34. The molecule has 4 aromatic rings. The molecular weight excluding hydrogens is 366 g/mol. The fraction of sp³-hybridized carbons (Fsp3) is 0.227. The van der Waals surface area contributed by atoms with E-state index in [1.54, 1.807) is 6.20 Å². The van der Waals surface area contributed by atoms with E-state index in [4.69, 9.17) is 9.72 Å². The zero-order valence-electron chi connectivity index (χ0n) is 16.1. The Morgan fingerprint density at radius 3 is 2.90 bits per heavy atom. The second-order valence-electron chi connectivity index (χ2n) is 7.34. The zero-order valence-corrected chi connectivity index (χ0v) is 16.1. The SMILES string of the molecule is Cc1cccn2cc(-c3ccc(NC(=O)c4cn[nH]c4C4CCOC4)cc3)nc12. The van der Waals surface area contributed by atoms with Gasteiger partial charge in [0, 0.05) is 36.2 Å². The number of carbonyl (C=O) groups excluding carboxylic acids is 1. The average Bonchev–Trinajstić information content (AvgIpc) is 3.48. The molecular formula is C22H21N5O2. The van der Waals surface area contributed by atoms with Gasteiger partial charge in [0.2, 0.25) is 0 Å². The summed E-state index contributed by atoms with van der Waals surface area (Å²) in [6.45, 7) is 3.39. The van der Waals surface area contributed by atoms with Gasteiger partial charge in [-0.15, -0.1) is 0 Å². The van der Waals surface area contributed by atoms with Crippen LogP contribution in [0.3, 0.4) is 0 Å². The fourth-order valence-electron chi connectivity index (χ4n) is 3.77. The van der Waals surface area contributed by atoms with Crippen LogP contribution < -0.4 is 5.32 Å². The average molecular weight is 387 g/mol. The molecule has 0 aliphatic carbocycles. The Morgan fingerprint density at radius 1 is 1.28 bits per heavy atom. The number of amides is 1. The number of hydrogen-bond donors (Lipinski definition) is 2. The molecule has 1 aromatic carbocycles. The van der Waals surface area contributed by atoms with E-state index < -0.39 is 0 Å². The molecule has 0 spiro atoms. The topological polar surface area (TPSA) is 84.3 Å². The van der Waals surface area contributed by atoms with Gasteiger partial charge in [-0.3, -0.25) is 9.89 Å². The van der Waals surface area contributed by atoms with Crippen LogP contribution in [0.1, 0.15) is 34.0 Å². The zero-order chi connectivity index (χ0) is 19.8. The standard InChI is InChI=1S/C22H21N5O2/c1-14-3-2-9-27-12-19(25-21(14)27)15-4-6-17(7-5-15)24-22(28)18-11-23-26-20(18)16-8-10-29-13-16/h2-7,9,11-12,16H,8,10,13H2,1H3,(H,23,26)(H,24,28). The first kappa shape index (κ1) is 17.6. The molecule has 0 radical (unpaired) electrons. The molecule has 1 amide bonds. The lowest BCUT2D eigenvalue weighted by Gasteiger charge is -2.09. The molecule has 146 valence electrons. The van der Waals surface area contributed by atoms with Crippen LogP contribution in [-0.4, -0.2) is 38.7 Å². The van der Waals surface area contributed by atoms with Crippen molar-refractivity contribution in [3.05, 3.63) is 71.8 Å². The first-order chi connectivity index (χ1) is 14.2. The number of fused-ring (bicyclic) bond motifs is 1. The van der Waals surface area contributed by atoms with Crippen molar-refractivity contribution in [1.82, 2.24) is 19.6 Å². The number of aromatic amines is 1. The van der Waals surface area contributed by atoms with Crippen LogP contribution in [0.2, 0.25) is 0 Å². The maximum Gasteiger partial charge on any atom is 0.259 e. The number of ether oxygens (including phenoxy) is 1. The molecule has 4 heterocycles. The van der Waals surface area contributed by atoms with Gasteiger partial charge >= 0.3 is 0 Å². The van der Waals surface area contributed by atoms with Gasteiger partial charge in [-0.25, -0.2) is 4.98 Å². The van der Waals surface area contributed by atoms with Gasteiger partial charge in [0.05, 0.1) is 29.8 Å². The van der Waals surface area contributed by atoms with Crippen LogP contribution in [-0.2, 0) is 4.74 Å². The molecule has 0 bridgehead atoms. The third-order valence-corrected chi connectivity index (χ3v) is 5.37. The number of anilines is 1. The Balaban J connectivity index is 1.35. The quantitative estimate of drug-likeness (QED) is 0.558. The summed E-state index contributed by atoms with van der Waals surface area (Å²) in [7, 11) is 0. The van der Waals surface area contributed by atoms with Crippen molar-refractivity contribution in [2.45, 2.75) is 19.3 Å². The van der Waals surface area contributed by atoms with Crippen molar-refractivity contribution >= 4 is 17.2 Å². The summed E-state index contributed by atoms with van der Waals surface area (Å²) in [6.07, 6.45) is 6.48. The van der Waals surface area contributed by atoms with Gasteiger partial charge in [-0.2, -0.15) is 5.10 Å². The number of aryl methyl sites for hydroxylation is 1. The van der Waals surface area contributed by atoms with E-state index in [2.05, 4.69) is 15.5 Å². The van der Waals surface area contributed by atoms with Crippen LogP contribution in [0.15, 0.2) is 55.0 Å². The van der Waals surface area contributed by atoms with E-state index in [1.165, 1.54) is 0 Å². The van der Waals surface area contributed by atoms with E-state index in [1.807, 2.05) is 60.1 Å². The van der Waals surface area contributed by atoms with Gasteiger partial charge in [0.1, 0.15) is 5.65 Å². The number of pyridine rings is 1. The highest BCUT2D eigenvalue weighted by Gasteiger charge is 2.25. The second kappa shape index (κ2) is 7.18. The van der Waals surface area contributed by atoms with E-state index >= 15 is 0 Å². The number of benzene rings is 1. The molecule has 1 saturated heterocycles. The first-order valence-electron chi connectivity index (χ1n) is 9.66. The van der Waals surface area contributed by atoms with Crippen LogP contribution in [0, 0.1) is 6.92 Å². The van der Waals surface area contributed by atoms with E-state index in [9.17, 15) is 4.79 Å². The minimum Gasteiger partial charge on any atom is -0.381 e. The van der Waals surface area contributed by atoms with Crippen LogP contribution >= 0.6 is 0 Å². The summed E-state index contributed by atoms with van der Waals surface area (Å²) in [5.74, 6) is 0.0240. The molecule has 2 N–H and O–H groups in total. The Bertz CT molecular complexity index is 1170. The molecule has 1 aliphatic heterocycles. The highest BCUT2D eigenvalue weighted by molar-refractivity contribution is 6.05. The lowest BCUT2D eigenvalue weighted by molar-refractivity contribution is 0.102. The summed E-state index contributed by atoms with van der Waals surface area (Å²) in [6, 6.07) is 11.8. The van der Waals surface area contributed by atoms with Gasteiger partial charge in [-0.05, 0) is 37.1 Å². The molecule has 5 rings (SSSR count). The van der Waals surface area contributed by atoms with Gasteiger partial charge in [0.15, 0.2) is 0 Å². The molecule has 0 saturated carbocycles. The molecule has 7 nitrogen and oxygen atoms in total. The monoisotopic (exact) mass is 387 g/mol. The largest absolute Gasteiger partial charge is 0.381 e. The summed E-state index contributed by atoms with van der Waals surface area (Å²) in [4.78, 5) is 17.5. The van der Waals surface area contributed by atoms with Gasteiger partial charge in [-0.1, -0.05) is 18.2 Å². The predicted molar refractivity (Wildman–Crippen MR) is 110 cm³/mol. The van der Waals surface area contributed by atoms with E-state index in [0.29, 0.717) is 12.2 Å². The summed E-state index contributed by atoms with van der Waals surface area (Å²) in [5.41, 5.74) is 6.12. The number of carbonyl (C=O) groups is 1. The third kappa shape index (κ3) is 3.30. The number of H-pyrrole nitrogens is 1. The molecule has 1 atom stereocenters. The molecule has 3 aromatic heterocycles. The number of nitrogens with one attached hydrogen (secondary N) is 2. The normalized spacial score (nSPS) is 16.4. The molecule has 7 heteroatoms. The highest BCUT2D eigenvalue weighted by atomic mass is 16.5. The van der Waals surface area contributed by atoms with Crippen molar-refractivity contribution in [1.29, 1.82) is 0 Å². The maximum absolute atomic E-state index is 12.7. The lowest BCUT2D eigenvalue weighted by Crippen LogP contribution is -2.15. The van der Waals surface area contributed by atoms with Crippen LogP contribution in [0.4, 0.5) is 5.69 Å². The Morgan fingerprint density at radius 2 is 2.14 bits per heavy atom. The molecule has 1 fully saturated rings. The number of aromatic nitrogens is 4. The maximum atomic E-state index is 12.7. The number of imidazole rings is 1. The van der Waals surface area contributed by atoms with Crippen molar-refractivity contribution < 1.29 is 9.53 Å². The van der Waals surface area contributed by atoms with Gasteiger partial charge < -0.3 is 14.5 Å². The van der Waals surface area contributed by atoms with Crippen LogP contribution in [0.25, 0.3) is 16.9 Å². The van der Waals surface area contributed by atoms with E-state index in [-0.39, 0.29) is 11.8 Å². The Hall–Kier alpha value is -3.45. The van der Waals surface area contributed by atoms with Crippen LogP contribution in [0.5, 0.6) is 0 Å². The number of hydrogen-bond acceptors (Lipinski definition) is 4. The molecule has 29 heavy (non-hydrogen) atoms. The Labute approximate surface area is 167 Å². The van der Waals surface area contributed by atoms with Crippen molar-refractivity contribution in [2.75, 3.05) is 18.5 Å². The summed E-state index contributed by atoms with van der Waals surface area (Å²) in [5, 5.41) is 9.98. The minimum absolute atomic E-state index is 0.170. The lowest BCUT2D eigenvalue weighted by atomic mass is 10.0. The smallest absolute Gasteiger partial charge is 0.259 e. The first-order valence-corrected chi connectivity index (χ1v) is 9.66. The number of nitrogens with zero attached hydrogens (tertiary/aromatic N) is 3. The molecule has 1 aliphatic rings. The van der Waals surface area contributed by atoms with Crippen molar-refractivity contribution in [2.24, 2.45) is 0 Å². The third-order valence-electron chi connectivity index (χ3n) is 5.37. The summed E-state index contributed by atoms with van der Waals surface area (Å²) < 4.78 is 7.45. The predicted octanol–water partition coefficient (Wildman–Crippen LogP) is 3.79. The van der Waals surface area contributed by atoms with Crippen molar-refractivity contribution in [3.8, 4) is 11.3 Å². The van der Waals surface area contributed by atoms with E-state index in [0.717, 1.165) is 46.9 Å². The summed E-state index contributed by atoms with van der Waals surface area (Å²) >= 11 is 0.